The van der Waals surface area contributed by atoms with Crippen molar-refractivity contribution < 1.29 is 0 Å². The fourth-order valence-electron chi connectivity index (χ4n) is 2.90. The number of rotatable bonds is 2. The van der Waals surface area contributed by atoms with Crippen LogP contribution in [0.25, 0.3) is 21.9 Å². The molecule has 0 aromatic carbocycles. The van der Waals surface area contributed by atoms with Crippen LogP contribution in [0.4, 0.5) is 0 Å². The van der Waals surface area contributed by atoms with Crippen LogP contribution in [0.2, 0.25) is 0 Å². The molecule has 0 amide bonds. The zero-order valence-corrected chi connectivity index (χ0v) is 12.3. The van der Waals surface area contributed by atoms with Gasteiger partial charge in [-0.25, -0.2) is 9.78 Å². The third-order valence-corrected chi connectivity index (χ3v) is 5.17. The predicted octanol–water partition coefficient (Wildman–Crippen LogP) is 1.65. The SMILES string of the molecule is CCn1c(=O)[nH]c(=O)c2[nH]c(-c3cc4c(s3)CCC4)nc21. The third-order valence-electron chi connectivity index (χ3n) is 3.93. The van der Waals surface area contributed by atoms with Crippen LogP contribution in [0.15, 0.2) is 15.7 Å². The molecule has 6 nitrogen and oxygen atoms in total. The molecule has 0 atom stereocenters. The summed E-state index contributed by atoms with van der Waals surface area (Å²) in [5.74, 6) is 0.669. The molecular weight excluding hydrogens is 288 g/mol. The molecule has 3 aromatic rings. The summed E-state index contributed by atoms with van der Waals surface area (Å²) in [4.78, 5) is 36.0. The Morgan fingerprint density at radius 2 is 2.19 bits per heavy atom. The smallest absolute Gasteiger partial charge is 0.330 e. The monoisotopic (exact) mass is 302 g/mol. The van der Waals surface area contributed by atoms with Crippen molar-refractivity contribution in [2.45, 2.75) is 32.7 Å². The first-order valence-corrected chi connectivity index (χ1v) is 7.84. The Bertz CT molecular complexity index is 938. The maximum Gasteiger partial charge on any atom is 0.330 e. The van der Waals surface area contributed by atoms with Gasteiger partial charge < -0.3 is 4.98 Å². The molecule has 0 saturated carbocycles. The van der Waals surface area contributed by atoms with Gasteiger partial charge in [-0.15, -0.1) is 11.3 Å². The molecule has 0 bridgehead atoms. The van der Waals surface area contributed by atoms with E-state index in [-0.39, 0.29) is 0 Å². The first-order chi connectivity index (χ1) is 10.2. The van der Waals surface area contributed by atoms with Gasteiger partial charge in [0.25, 0.3) is 5.56 Å². The topological polar surface area (TPSA) is 83.5 Å². The van der Waals surface area contributed by atoms with Crippen LogP contribution < -0.4 is 11.2 Å². The first-order valence-electron chi connectivity index (χ1n) is 7.02. The van der Waals surface area contributed by atoms with Gasteiger partial charge in [0.15, 0.2) is 11.5 Å². The average Bonchev–Trinajstić information content (AvgIpc) is 3.11. The predicted molar refractivity (Wildman–Crippen MR) is 82.0 cm³/mol. The highest BCUT2D eigenvalue weighted by atomic mass is 32.1. The van der Waals surface area contributed by atoms with Gasteiger partial charge in [-0.1, -0.05) is 0 Å². The molecule has 0 spiro atoms. The van der Waals surface area contributed by atoms with Crippen LogP contribution in [0.3, 0.4) is 0 Å². The number of hydrogen-bond donors (Lipinski definition) is 2. The molecule has 1 aliphatic carbocycles. The quantitative estimate of drug-likeness (QED) is 0.755. The molecule has 3 aromatic heterocycles. The van der Waals surface area contributed by atoms with E-state index in [9.17, 15) is 9.59 Å². The number of fused-ring (bicyclic) bond motifs is 2. The number of imidazole rings is 1. The number of aromatic nitrogens is 4. The minimum Gasteiger partial charge on any atom is -0.331 e. The van der Waals surface area contributed by atoms with Crippen molar-refractivity contribution in [2.75, 3.05) is 0 Å². The van der Waals surface area contributed by atoms with E-state index in [4.69, 9.17) is 0 Å². The second kappa shape index (κ2) is 4.42. The number of hydrogen-bond acceptors (Lipinski definition) is 4. The lowest BCUT2D eigenvalue weighted by molar-refractivity contribution is 0.720. The Hall–Kier alpha value is -2.15. The van der Waals surface area contributed by atoms with Crippen molar-refractivity contribution in [3.05, 3.63) is 37.3 Å². The van der Waals surface area contributed by atoms with Crippen molar-refractivity contribution in [1.82, 2.24) is 19.5 Å². The van der Waals surface area contributed by atoms with Crippen LogP contribution in [0, 0.1) is 0 Å². The Balaban J connectivity index is 1.96. The molecule has 3 heterocycles. The van der Waals surface area contributed by atoms with Crippen molar-refractivity contribution in [3.63, 3.8) is 0 Å². The Morgan fingerprint density at radius 3 is 2.95 bits per heavy atom. The molecule has 0 aliphatic heterocycles. The molecule has 0 unspecified atom stereocenters. The van der Waals surface area contributed by atoms with Gasteiger partial charge in [-0.05, 0) is 37.8 Å². The molecule has 4 rings (SSSR count). The molecule has 0 fully saturated rings. The van der Waals surface area contributed by atoms with Crippen LogP contribution in [-0.2, 0) is 19.4 Å². The number of nitrogens with zero attached hydrogens (tertiary/aromatic N) is 2. The fraction of sp³-hybridized carbons (Fsp3) is 0.357. The molecule has 7 heteroatoms. The second-order valence-electron chi connectivity index (χ2n) is 5.20. The lowest BCUT2D eigenvalue weighted by atomic mass is 10.2. The highest BCUT2D eigenvalue weighted by Gasteiger charge is 2.19. The van der Waals surface area contributed by atoms with Crippen molar-refractivity contribution in [3.8, 4) is 10.7 Å². The maximum absolute atomic E-state index is 11.9. The third kappa shape index (κ3) is 1.80. The number of aryl methyl sites for hydroxylation is 3. The summed E-state index contributed by atoms with van der Waals surface area (Å²) in [6.07, 6.45) is 3.46. The van der Waals surface area contributed by atoms with E-state index >= 15 is 0 Å². The van der Waals surface area contributed by atoms with E-state index in [2.05, 4.69) is 21.0 Å². The van der Waals surface area contributed by atoms with E-state index in [0.717, 1.165) is 17.7 Å². The largest absolute Gasteiger partial charge is 0.331 e. The van der Waals surface area contributed by atoms with E-state index < -0.39 is 11.2 Å². The van der Waals surface area contributed by atoms with Crippen LogP contribution in [0.5, 0.6) is 0 Å². The summed E-state index contributed by atoms with van der Waals surface area (Å²) in [5, 5.41) is 0. The van der Waals surface area contributed by atoms with Gasteiger partial charge in [0.05, 0.1) is 4.88 Å². The van der Waals surface area contributed by atoms with E-state index in [1.807, 2.05) is 6.92 Å². The standard InChI is InChI=1S/C14H14N4O2S/c1-2-18-12-10(13(19)17-14(18)20)15-11(16-12)9-6-7-4-3-5-8(7)21-9/h6H,2-5H2,1H3,(H,15,16)(H,17,19,20). The number of thiophene rings is 1. The van der Waals surface area contributed by atoms with Crippen molar-refractivity contribution >= 4 is 22.5 Å². The van der Waals surface area contributed by atoms with Gasteiger partial charge in [-0.3, -0.25) is 14.3 Å². The van der Waals surface area contributed by atoms with Gasteiger partial charge in [0, 0.05) is 11.4 Å². The van der Waals surface area contributed by atoms with E-state index in [0.29, 0.717) is 23.5 Å². The normalized spacial score (nSPS) is 14.0. The summed E-state index contributed by atoms with van der Waals surface area (Å²) < 4.78 is 1.47. The fourth-order valence-corrected chi connectivity index (χ4v) is 4.10. The van der Waals surface area contributed by atoms with E-state index in [1.54, 1.807) is 11.3 Å². The summed E-state index contributed by atoms with van der Waals surface area (Å²) in [5.41, 5.74) is 1.34. The average molecular weight is 302 g/mol. The van der Waals surface area contributed by atoms with Gasteiger partial charge in [0.1, 0.15) is 5.52 Å². The minimum absolute atomic E-state index is 0.361. The molecule has 2 N–H and O–H groups in total. The summed E-state index contributed by atoms with van der Waals surface area (Å²) in [6, 6.07) is 2.15. The zero-order valence-electron chi connectivity index (χ0n) is 11.5. The molecule has 108 valence electrons. The summed E-state index contributed by atoms with van der Waals surface area (Å²) >= 11 is 1.72. The van der Waals surface area contributed by atoms with Gasteiger partial charge >= 0.3 is 5.69 Å². The molecule has 0 radical (unpaired) electrons. The number of aromatic amines is 2. The van der Waals surface area contributed by atoms with Crippen LogP contribution >= 0.6 is 11.3 Å². The Morgan fingerprint density at radius 1 is 1.33 bits per heavy atom. The van der Waals surface area contributed by atoms with Crippen LogP contribution in [0.1, 0.15) is 23.8 Å². The lowest BCUT2D eigenvalue weighted by Gasteiger charge is -1.99. The van der Waals surface area contributed by atoms with Gasteiger partial charge in [-0.2, -0.15) is 0 Å². The first kappa shape index (κ1) is 12.6. The van der Waals surface area contributed by atoms with Crippen molar-refractivity contribution in [2.24, 2.45) is 0 Å². The van der Waals surface area contributed by atoms with Crippen molar-refractivity contribution in [1.29, 1.82) is 0 Å². The number of nitrogens with one attached hydrogen (secondary N) is 2. The molecule has 21 heavy (non-hydrogen) atoms. The Labute approximate surface area is 123 Å². The minimum atomic E-state index is -0.415. The second-order valence-corrected chi connectivity index (χ2v) is 6.34. The Kier molecular flexibility index (Phi) is 2.65. The summed E-state index contributed by atoms with van der Waals surface area (Å²) in [6.45, 7) is 2.32. The number of H-pyrrole nitrogens is 2. The maximum atomic E-state index is 11.9. The lowest BCUT2D eigenvalue weighted by Crippen LogP contribution is -2.29. The zero-order chi connectivity index (χ0) is 14.6. The van der Waals surface area contributed by atoms with Crippen LogP contribution in [-0.4, -0.2) is 19.5 Å². The highest BCUT2D eigenvalue weighted by molar-refractivity contribution is 7.15. The highest BCUT2D eigenvalue weighted by Crippen LogP contribution is 2.35. The van der Waals surface area contributed by atoms with E-state index in [1.165, 1.54) is 21.4 Å². The molecule has 1 aliphatic rings. The molecule has 0 saturated heterocycles. The van der Waals surface area contributed by atoms with Gasteiger partial charge in [0.2, 0.25) is 0 Å². The summed E-state index contributed by atoms with van der Waals surface area (Å²) in [7, 11) is 0. The molecular formula is C14H14N4O2S.